The van der Waals surface area contributed by atoms with Crippen molar-refractivity contribution < 1.29 is 4.42 Å². The molecule has 0 amide bonds. The number of hydrogen-bond acceptors (Lipinski definition) is 3. The van der Waals surface area contributed by atoms with E-state index in [4.69, 9.17) is 4.42 Å². The Balaban J connectivity index is 1.86. The van der Waals surface area contributed by atoms with Gasteiger partial charge in [0.2, 0.25) is 0 Å². The highest BCUT2D eigenvalue weighted by atomic mass is 16.4. The third-order valence-electron chi connectivity index (χ3n) is 3.84. The number of nitrogens with one attached hydrogen (secondary N) is 1. The quantitative estimate of drug-likeness (QED) is 0.877. The summed E-state index contributed by atoms with van der Waals surface area (Å²) in [5, 5.41) is 3.38. The average molecular weight is 246 g/mol. The highest BCUT2D eigenvalue weighted by Crippen LogP contribution is 2.21. The summed E-state index contributed by atoms with van der Waals surface area (Å²) in [6.45, 7) is 2.24. The summed E-state index contributed by atoms with van der Waals surface area (Å²) >= 11 is 0. The van der Waals surface area contributed by atoms with Crippen LogP contribution in [0.2, 0.25) is 0 Å². The number of oxazole rings is 1. The predicted octanol–water partition coefficient (Wildman–Crippen LogP) is 1.67. The van der Waals surface area contributed by atoms with Gasteiger partial charge in [0.25, 0.3) is 0 Å². The van der Waals surface area contributed by atoms with E-state index in [1.54, 1.807) is 11.6 Å². The lowest BCUT2D eigenvalue weighted by atomic mass is 9.91. The Morgan fingerprint density at radius 1 is 1.39 bits per heavy atom. The van der Waals surface area contributed by atoms with Gasteiger partial charge in [-0.2, -0.15) is 0 Å². The minimum Gasteiger partial charge on any atom is -0.408 e. The van der Waals surface area contributed by atoms with Gasteiger partial charge < -0.3 is 9.73 Å². The van der Waals surface area contributed by atoms with Gasteiger partial charge in [-0.3, -0.25) is 4.57 Å². The summed E-state index contributed by atoms with van der Waals surface area (Å²) in [4.78, 5) is 11.4. The van der Waals surface area contributed by atoms with Crippen LogP contribution in [-0.4, -0.2) is 17.7 Å². The van der Waals surface area contributed by atoms with Gasteiger partial charge in [0.05, 0.1) is 5.52 Å². The fourth-order valence-corrected chi connectivity index (χ4v) is 2.72. The Morgan fingerprint density at radius 2 is 2.17 bits per heavy atom. The van der Waals surface area contributed by atoms with Crippen molar-refractivity contribution in [3.8, 4) is 0 Å². The first-order valence-corrected chi connectivity index (χ1v) is 6.53. The zero-order valence-corrected chi connectivity index (χ0v) is 10.6. The molecule has 1 saturated heterocycles. The lowest BCUT2D eigenvalue weighted by molar-refractivity contribution is 0.372. The van der Waals surface area contributed by atoms with E-state index in [1.807, 2.05) is 12.1 Å². The molecule has 2 heterocycles. The Hall–Kier alpha value is -1.55. The van der Waals surface area contributed by atoms with Crippen LogP contribution in [-0.2, 0) is 13.5 Å². The van der Waals surface area contributed by atoms with Gasteiger partial charge >= 0.3 is 5.76 Å². The Kier molecular flexibility index (Phi) is 2.96. The number of nitrogens with zero attached hydrogens (tertiary/aromatic N) is 1. The zero-order chi connectivity index (χ0) is 12.5. The molecule has 96 valence electrons. The molecule has 4 nitrogen and oxygen atoms in total. The van der Waals surface area contributed by atoms with Gasteiger partial charge in [0.1, 0.15) is 0 Å². The highest BCUT2D eigenvalue weighted by Gasteiger charge is 2.14. The molecule has 2 aromatic rings. The molecule has 1 aromatic heterocycles. The second-order valence-corrected chi connectivity index (χ2v) is 5.13. The van der Waals surface area contributed by atoms with Crippen molar-refractivity contribution in [2.45, 2.75) is 19.3 Å². The van der Waals surface area contributed by atoms with E-state index in [0.717, 1.165) is 30.9 Å². The maximum absolute atomic E-state index is 11.4. The molecule has 0 saturated carbocycles. The van der Waals surface area contributed by atoms with Crippen molar-refractivity contribution >= 4 is 11.1 Å². The zero-order valence-electron chi connectivity index (χ0n) is 10.6. The van der Waals surface area contributed by atoms with Crippen LogP contribution in [0.5, 0.6) is 0 Å². The first kappa shape index (κ1) is 11.5. The summed E-state index contributed by atoms with van der Waals surface area (Å²) in [5.41, 5.74) is 2.84. The summed E-state index contributed by atoms with van der Waals surface area (Å²) in [6, 6.07) is 6.11. The van der Waals surface area contributed by atoms with Gasteiger partial charge in [-0.15, -0.1) is 0 Å². The van der Waals surface area contributed by atoms with Crippen LogP contribution in [0, 0.1) is 5.92 Å². The van der Waals surface area contributed by atoms with Crippen molar-refractivity contribution in [1.82, 2.24) is 9.88 Å². The van der Waals surface area contributed by atoms with Crippen molar-refractivity contribution in [2.24, 2.45) is 13.0 Å². The van der Waals surface area contributed by atoms with E-state index in [9.17, 15) is 4.79 Å². The molecule has 0 unspecified atom stereocenters. The number of hydrogen-bond donors (Lipinski definition) is 1. The monoisotopic (exact) mass is 246 g/mol. The molecule has 1 aliphatic rings. The second-order valence-electron chi connectivity index (χ2n) is 5.13. The van der Waals surface area contributed by atoms with Crippen LogP contribution >= 0.6 is 0 Å². The third-order valence-corrected chi connectivity index (χ3v) is 3.84. The highest BCUT2D eigenvalue weighted by molar-refractivity contribution is 5.73. The molecule has 3 rings (SSSR count). The minimum atomic E-state index is -0.288. The lowest BCUT2D eigenvalue weighted by Crippen LogP contribution is -2.28. The van der Waals surface area contributed by atoms with Crippen molar-refractivity contribution in [3.63, 3.8) is 0 Å². The largest absolute Gasteiger partial charge is 0.419 e. The maximum Gasteiger partial charge on any atom is 0.419 e. The smallest absolute Gasteiger partial charge is 0.408 e. The second kappa shape index (κ2) is 4.61. The maximum atomic E-state index is 11.4. The SMILES string of the molecule is Cn1c(=O)oc2cc(CC3CCNCC3)ccc21. The molecule has 0 bridgehead atoms. The van der Waals surface area contributed by atoms with E-state index < -0.39 is 0 Å². The lowest BCUT2D eigenvalue weighted by Gasteiger charge is -2.22. The number of piperidine rings is 1. The fourth-order valence-electron chi connectivity index (χ4n) is 2.72. The van der Waals surface area contributed by atoms with Gasteiger partial charge in [-0.1, -0.05) is 6.07 Å². The van der Waals surface area contributed by atoms with Crippen LogP contribution in [0.1, 0.15) is 18.4 Å². The molecular formula is C14H18N2O2. The van der Waals surface area contributed by atoms with Crippen LogP contribution < -0.4 is 11.1 Å². The number of benzene rings is 1. The van der Waals surface area contributed by atoms with E-state index in [2.05, 4.69) is 11.4 Å². The average Bonchev–Trinajstić information content (AvgIpc) is 2.66. The summed E-state index contributed by atoms with van der Waals surface area (Å²) in [7, 11) is 1.74. The van der Waals surface area contributed by atoms with Crippen molar-refractivity contribution in [2.75, 3.05) is 13.1 Å². The molecule has 0 radical (unpaired) electrons. The first-order chi connectivity index (χ1) is 8.74. The molecule has 4 heteroatoms. The number of rotatable bonds is 2. The van der Waals surface area contributed by atoms with Crippen LogP contribution in [0.4, 0.5) is 0 Å². The van der Waals surface area contributed by atoms with E-state index >= 15 is 0 Å². The number of aryl methyl sites for hydroxylation is 1. The molecule has 1 aromatic carbocycles. The Morgan fingerprint density at radius 3 is 2.94 bits per heavy atom. The Labute approximate surface area is 106 Å². The molecule has 1 aliphatic heterocycles. The van der Waals surface area contributed by atoms with Gasteiger partial charge in [-0.05, 0) is 56.0 Å². The standard InChI is InChI=1S/C14H18N2O2/c1-16-12-3-2-11(9-13(12)18-14(16)17)8-10-4-6-15-7-5-10/h2-3,9-10,15H,4-8H2,1H3. The molecular weight excluding hydrogens is 228 g/mol. The minimum absolute atomic E-state index is 0.288. The molecule has 18 heavy (non-hydrogen) atoms. The molecule has 1 fully saturated rings. The van der Waals surface area contributed by atoms with E-state index in [1.165, 1.54) is 18.4 Å². The normalized spacial score (nSPS) is 17.4. The van der Waals surface area contributed by atoms with Gasteiger partial charge in [-0.25, -0.2) is 4.79 Å². The van der Waals surface area contributed by atoms with E-state index in [-0.39, 0.29) is 5.76 Å². The van der Waals surface area contributed by atoms with Crippen LogP contribution in [0.25, 0.3) is 11.1 Å². The Bertz CT molecular complexity index is 606. The fraction of sp³-hybridized carbons (Fsp3) is 0.500. The first-order valence-electron chi connectivity index (χ1n) is 6.53. The number of aromatic nitrogens is 1. The predicted molar refractivity (Wildman–Crippen MR) is 70.8 cm³/mol. The molecule has 0 atom stereocenters. The van der Waals surface area contributed by atoms with Crippen LogP contribution in [0.3, 0.4) is 0 Å². The van der Waals surface area contributed by atoms with E-state index in [0.29, 0.717) is 5.58 Å². The van der Waals surface area contributed by atoms with Crippen molar-refractivity contribution in [3.05, 3.63) is 34.3 Å². The van der Waals surface area contributed by atoms with Crippen molar-refractivity contribution in [1.29, 1.82) is 0 Å². The summed E-state index contributed by atoms with van der Waals surface area (Å²) < 4.78 is 6.77. The molecule has 0 aliphatic carbocycles. The van der Waals surface area contributed by atoms with Gasteiger partial charge in [0, 0.05) is 7.05 Å². The number of fused-ring (bicyclic) bond motifs is 1. The summed E-state index contributed by atoms with van der Waals surface area (Å²) in [5.74, 6) is 0.461. The molecule has 1 N–H and O–H groups in total. The third kappa shape index (κ3) is 2.08. The molecule has 0 spiro atoms. The summed E-state index contributed by atoms with van der Waals surface area (Å²) in [6.07, 6.45) is 3.55. The van der Waals surface area contributed by atoms with Gasteiger partial charge in [0.15, 0.2) is 5.58 Å². The topological polar surface area (TPSA) is 47.2 Å². The van der Waals surface area contributed by atoms with Crippen LogP contribution in [0.15, 0.2) is 27.4 Å².